The fraction of sp³-hybridized carbons (Fsp3) is 0.435. The van der Waals surface area contributed by atoms with Gasteiger partial charge in [-0.3, -0.25) is 4.90 Å². The van der Waals surface area contributed by atoms with E-state index in [1.54, 1.807) is 11.1 Å². The average molecular weight is 473 g/mol. The molecule has 0 spiro atoms. The number of halogens is 1. The van der Waals surface area contributed by atoms with Crippen molar-refractivity contribution >= 4 is 27.7 Å². The number of hydrogen-bond donors (Lipinski definition) is 0. The number of fused-ring (bicyclic) bond motifs is 1. The SMILES string of the molecule is Cc1cc(-c2ccnc3cc(Br)nn23)ccc1COC(=O)N(C(C)(C)C)C(C)(C)C. The van der Waals surface area contributed by atoms with Crippen LogP contribution in [0, 0.1) is 6.92 Å². The summed E-state index contributed by atoms with van der Waals surface area (Å²) in [6.45, 7) is 14.4. The van der Waals surface area contributed by atoms with Crippen molar-refractivity contribution < 1.29 is 9.53 Å². The molecule has 1 amide bonds. The van der Waals surface area contributed by atoms with E-state index in [0.29, 0.717) is 0 Å². The maximum absolute atomic E-state index is 12.8. The van der Waals surface area contributed by atoms with Gasteiger partial charge in [0.25, 0.3) is 0 Å². The summed E-state index contributed by atoms with van der Waals surface area (Å²) in [5, 5.41) is 4.46. The van der Waals surface area contributed by atoms with Crippen LogP contribution in [0.2, 0.25) is 0 Å². The Bertz CT molecular complexity index is 1060. The Morgan fingerprint density at radius 1 is 1.10 bits per heavy atom. The highest BCUT2D eigenvalue weighted by Gasteiger charge is 2.36. The molecule has 1 aromatic carbocycles. The summed E-state index contributed by atoms with van der Waals surface area (Å²) in [5.74, 6) is 0. The quantitative estimate of drug-likeness (QED) is 0.468. The minimum Gasteiger partial charge on any atom is -0.445 e. The van der Waals surface area contributed by atoms with Gasteiger partial charge in [0.15, 0.2) is 5.65 Å². The molecule has 160 valence electrons. The Morgan fingerprint density at radius 2 is 1.77 bits per heavy atom. The van der Waals surface area contributed by atoms with E-state index in [1.807, 2.05) is 77.2 Å². The summed E-state index contributed by atoms with van der Waals surface area (Å²) in [5.41, 5.74) is 4.11. The topological polar surface area (TPSA) is 59.7 Å². The van der Waals surface area contributed by atoms with E-state index in [9.17, 15) is 4.79 Å². The molecule has 7 heteroatoms. The molecule has 0 unspecified atom stereocenters. The van der Waals surface area contributed by atoms with Gasteiger partial charge >= 0.3 is 6.09 Å². The number of aromatic nitrogens is 3. The molecule has 0 saturated heterocycles. The fourth-order valence-corrected chi connectivity index (χ4v) is 4.22. The number of ether oxygens (including phenoxy) is 1. The molecule has 0 aliphatic heterocycles. The predicted molar refractivity (Wildman–Crippen MR) is 122 cm³/mol. The molecule has 0 saturated carbocycles. The van der Waals surface area contributed by atoms with Crippen molar-refractivity contribution in [3.05, 3.63) is 52.3 Å². The molecule has 2 heterocycles. The highest BCUT2D eigenvalue weighted by molar-refractivity contribution is 9.10. The molecule has 0 bridgehead atoms. The molecule has 30 heavy (non-hydrogen) atoms. The predicted octanol–water partition coefficient (Wildman–Crippen LogP) is 6.00. The van der Waals surface area contributed by atoms with Crippen LogP contribution in [-0.2, 0) is 11.3 Å². The van der Waals surface area contributed by atoms with Gasteiger partial charge < -0.3 is 4.74 Å². The van der Waals surface area contributed by atoms with Gasteiger partial charge in [0.05, 0.1) is 5.69 Å². The maximum atomic E-state index is 12.8. The summed E-state index contributed by atoms with van der Waals surface area (Å²) in [7, 11) is 0. The highest BCUT2D eigenvalue weighted by atomic mass is 79.9. The van der Waals surface area contributed by atoms with Crippen molar-refractivity contribution in [2.75, 3.05) is 0 Å². The third-order valence-corrected chi connectivity index (χ3v) is 5.23. The Hall–Kier alpha value is -2.41. The third kappa shape index (κ3) is 4.67. The average Bonchev–Trinajstić information content (AvgIpc) is 2.98. The molecule has 0 aliphatic carbocycles. The largest absolute Gasteiger partial charge is 0.445 e. The number of rotatable bonds is 3. The Labute approximate surface area is 186 Å². The second-order valence-electron chi connectivity index (χ2n) is 9.44. The van der Waals surface area contributed by atoms with Crippen molar-refractivity contribution in [2.45, 2.75) is 66.2 Å². The van der Waals surface area contributed by atoms with Crippen LogP contribution in [0.25, 0.3) is 16.9 Å². The lowest BCUT2D eigenvalue weighted by Crippen LogP contribution is -2.55. The van der Waals surface area contributed by atoms with Gasteiger partial charge in [-0.1, -0.05) is 12.1 Å². The molecule has 6 nitrogen and oxygen atoms in total. The van der Waals surface area contributed by atoms with Gasteiger partial charge in [-0.25, -0.2) is 14.3 Å². The van der Waals surface area contributed by atoms with Crippen LogP contribution in [0.3, 0.4) is 0 Å². The van der Waals surface area contributed by atoms with Gasteiger partial charge in [-0.05, 0) is 87.7 Å². The standard InChI is InChI=1S/C23H29BrN4O2/c1-15-12-16(18-10-11-25-20-13-19(24)26-27(18)20)8-9-17(15)14-30-21(29)28(22(2,3)4)23(5,6)7/h8-13H,14H2,1-7H3. The number of carbonyl (C=O) groups excluding carboxylic acids is 1. The van der Waals surface area contributed by atoms with Crippen LogP contribution >= 0.6 is 15.9 Å². The Balaban J connectivity index is 1.81. The summed E-state index contributed by atoms with van der Waals surface area (Å²) >= 11 is 3.41. The van der Waals surface area contributed by atoms with Gasteiger partial charge in [-0.15, -0.1) is 0 Å². The van der Waals surface area contributed by atoms with Crippen LogP contribution < -0.4 is 0 Å². The number of amides is 1. The molecular weight excluding hydrogens is 444 g/mol. The van der Waals surface area contributed by atoms with E-state index in [2.05, 4.69) is 32.1 Å². The van der Waals surface area contributed by atoms with E-state index >= 15 is 0 Å². The first kappa shape index (κ1) is 22.3. The summed E-state index contributed by atoms with van der Waals surface area (Å²) in [6.07, 6.45) is 1.47. The van der Waals surface area contributed by atoms with E-state index in [4.69, 9.17) is 4.74 Å². The molecule has 0 aliphatic rings. The van der Waals surface area contributed by atoms with Crippen LogP contribution in [-0.4, -0.2) is 36.7 Å². The van der Waals surface area contributed by atoms with E-state index < -0.39 is 0 Å². The van der Waals surface area contributed by atoms with Gasteiger partial charge in [0.1, 0.15) is 11.2 Å². The molecule has 3 rings (SSSR count). The lowest BCUT2D eigenvalue weighted by molar-refractivity contribution is 0.0170. The maximum Gasteiger partial charge on any atom is 0.410 e. The minimum atomic E-state index is -0.334. The smallest absolute Gasteiger partial charge is 0.410 e. The zero-order valence-electron chi connectivity index (χ0n) is 18.7. The Kier molecular flexibility index (Phi) is 5.96. The van der Waals surface area contributed by atoms with Crippen molar-refractivity contribution in [3.8, 4) is 11.3 Å². The van der Waals surface area contributed by atoms with Gasteiger partial charge in [0.2, 0.25) is 0 Å². The molecule has 0 N–H and O–H groups in total. The van der Waals surface area contributed by atoms with Crippen molar-refractivity contribution in [1.82, 2.24) is 19.5 Å². The van der Waals surface area contributed by atoms with Gasteiger partial charge in [0, 0.05) is 28.9 Å². The normalized spacial score (nSPS) is 12.3. The number of hydrogen-bond acceptors (Lipinski definition) is 4. The van der Waals surface area contributed by atoms with Crippen LogP contribution in [0.5, 0.6) is 0 Å². The lowest BCUT2D eigenvalue weighted by atomic mass is 9.97. The summed E-state index contributed by atoms with van der Waals surface area (Å²) in [4.78, 5) is 19.0. The van der Waals surface area contributed by atoms with Crippen LogP contribution in [0.1, 0.15) is 52.7 Å². The van der Waals surface area contributed by atoms with Crippen LogP contribution in [0.4, 0.5) is 4.79 Å². The summed E-state index contributed by atoms with van der Waals surface area (Å²) in [6, 6.07) is 9.91. The van der Waals surface area contributed by atoms with Gasteiger partial charge in [-0.2, -0.15) is 5.10 Å². The zero-order valence-corrected chi connectivity index (χ0v) is 20.2. The van der Waals surface area contributed by atoms with E-state index in [1.165, 1.54) is 0 Å². The lowest BCUT2D eigenvalue weighted by Gasteiger charge is -2.44. The molecule has 0 fully saturated rings. The van der Waals surface area contributed by atoms with E-state index in [-0.39, 0.29) is 23.8 Å². The molecule has 0 radical (unpaired) electrons. The second-order valence-corrected chi connectivity index (χ2v) is 10.3. The molecule has 2 aromatic heterocycles. The first-order chi connectivity index (χ1) is 13.9. The monoisotopic (exact) mass is 472 g/mol. The number of benzene rings is 1. The fourth-order valence-electron chi connectivity index (χ4n) is 3.86. The molecule has 3 aromatic rings. The summed E-state index contributed by atoms with van der Waals surface area (Å²) < 4.78 is 8.25. The van der Waals surface area contributed by atoms with E-state index in [0.717, 1.165) is 32.6 Å². The number of carbonyl (C=O) groups is 1. The molecular formula is C23H29BrN4O2. The van der Waals surface area contributed by atoms with Crippen LogP contribution in [0.15, 0.2) is 41.1 Å². The number of aryl methyl sites for hydroxylation is 1. The highest BCUT2D eigenvalue weighted by Crippen LogP contribution is 2.27. The third-order valence-electron chi connectivity index (χ3n) is 4.84. The number of nitrogens with zero attached hydrogens (tertiary/aromatic N) is 4. The van der Waals surface area contributed by atoms with Crippen molar-refractivity contribution in [3.63, 3.8) is 0 Å². The second kappa shape index (κ2) is 8.02. The Morgan fingerprint density at radius 3 is 2.37 bits per heavy atom. The van der Waals surface area contributed by atoms with Crippen molar-refractivity contribution in [1.29, 1.82) is 0 Å². The molecule has 0 atom stereocenters. The first-order valence-corrected chi connectivity index (χ1v) is 10.7. The van der Waals surface area contributed by atoms with Crippen molar-refractivity contribution in [2.24, 2.45) is 0 Å². The minimum absolute atomic E-state index is 0.229. The first-order valence-electron chi connectivity index (χ1n) is 9.95. The zero-order chi connectivity index (χ0) is 22.3.